The van der Waals surface area contributed by atoms with Gasteiger partial charge in [0.1, 0.15) is 17.1 Å². The molecule has 2 aromatic rings. The number of pyridine rings is 1. The molecule has 3 rings (SSSR count). The number of benzene rings is 1. The number of hydrogen-bond acceptors (Lipinski definition) is 5. The van der Waals surface area contributed by atoms with Crippen molar-refractivity contribution in [2.45, 2.75) is 36.6 Å². The molecule has 1 saturated carbocycles. The van der Waals surface area contributed by atoms with E-state index < -0.39 is 11.7 Å². The Morgan fingerprint density at radius 2 is 2.19 bits per heavy atom. The van der Waals surface area contributed by atoms with Gasteiger partial charge in [0.05, 0.1) is 6.20 Å². The van der Waals surface area contributed by atoms with E-state index in [1.165, 1.54) is 0 Å². The fourth-order valence-electron chi connectivity index (χ4n) is 3.31. The van der Waals surface area contributed by atoms with E-state index in [1.807, 2.05) is 24.5 Å². The zero-order chi connectivity index (χ0) is 19.2. The molecule has 2 atom stereocenters. The second-order valence-corrected chi connectivity index (χ2v) is 7.47. The van der Waals surface area contributed by atoms with Crippen LogP contribution in [0, 0.1) is 11.7 Å². The fraction of sp³-hybridized carbons (Fsp3) is 0.400. The SMILES string of the molecule is CSc1cccc(Oc2ncc(F)cc2C(=O)N[C@@H]2CCCC[C@H]2CO)c1. The van der Waals surface area contributed by atoms with Crippen molar-refractivity contribution in [3.8, 4) is 11.6 Å². The number of nitrogens with zero attached hydrogens (tertiary/aromatic N) is 1. The van der Waals surface area contributed by atoms with E-state index in [2.05, 4.69) is 10.3 Å². The Kier molecular flexibility index (Phi) is 6.68. The van der Waals surface area contributed by atoms with Crippen LogP contribution < -0.4 is 10.1 Å². The van der Waals surface area contributed by atoms with Crippen LogP contribution in [0.3, 0.4) is 0 Å². The van der Waals surface area contributed by atoms with Crippen molar-refractivity contribution in [1.82, 2.24) is 10.3 Å². The summed E-state index contributed by atoms with van der Waals surface area (Å²) in [4.78, 5) is 17.8. The number of aromatic nitrogens is 1. The van der Waals surface area contributed by atoms with E-state index in [0.29, 0.717) is 5.75 Å². The predicted octanol–water partition coefficient (Wildman–Crippen LogP) is 4.02. The van der Waals surface area contributed by atoms with Crippen molar-refractivity contribution < 1.29 is 19.0 Å². The molecule has 1 heterocycles. The Morgan fingerprint density at radius 1 is 1.37 bits per heavy atom. The molecule has 0 bridgehead atoms. The van der Waals surface area contributed by atoms with Gasteiger partial charge in [-0.2, -0.15) is 0 Å². The molecule has 1 aromatic carbocycles. The van der Waals surface area contributed by atoms with Crippen LogP contribution in [0.5, 0.6) is 11.6 Å². The Balaban J connectivity index is 1.81. The molecule has 1 aliphatic carbocycles. The van der Waals surface area contributed by atoms with Gasteiger partial charge >= 0.3 is 0 Å². The van der Waals surface area contributed by atoms with Crippen LogP contribution in [0.15, 0.2) is 41.4 Å². The Hall–Kier alpha value is -2.12. The van der Waals surface area contributed by atoms with Gasteiger partial charge in [-0.05, 0) is 43.4 Å². The number of halogens is 1. The molecule has 1 amide bonds. The maximum Gasteiger partial charge on any atom is 0.257 e. The molecule has 0 unspecified atom stereocenters. The summed E-state index contributed by atoms with van der Waals surface area (Å²) in [6, 6.07) is 8.38. The minimum atomic E-state index is -0.604. The lowest BCUT2D eigenvalue weighted by molar-refractivity contribution is 0.0869. The van der Waals surface area contributed by atoms with Gasteiger partial charge in [-0.1, -0.05) is 18.9 Å². The van der Waals surface area contributed by atoms with E-state index in [9.17, 15) is 14.3 Å². The fourth-order valence-corrected chi connectivity index (χ4v) is 3.76. The number of nitrogens with one attached hydrogen (secondary N) is 1. The quantitative estimate of drug-likeness (QED) is 0.729. The highest BCUT2D eigenvalue weighted by Crippen LogP contribution is 2.28. The number of thioether (sulfide) groups is 1. The first kappa shape index (κ1) is 19.6. The number of aliphatic hydroxyl groups is 1. The van der Waals surface area contributed by atoms with Gasteiger partial charge in [0.2, 0.25) is 5.88 Å². The average molecular weight is 390 g/mol. The number of amides is 1. The largest absolute Gasteiger partial charge is 0.438 e. The summed E-state index contributed by atoms with van der Waals surface area (Å²) < 4.78 is 19.5. The van der Waals surface area contributed by atoms with Gasteiger partial charge in [-0.25, -0.2) is 9.37 Å². The van der Waals surface area contributed by atoms with Crippen LogP contribution in [0.1, 0.15) is 36.0 Å². The minimum absolute atomic E-state index is 0.0202. The number of aliphatic hydroxyl groups excluding tert-OH is 1. The molecular formula is C20H23FN2O3S. The zero-order valence-electron chi connectivity index (χ0n) is 15.2. The zero-order valence-corrected chi connectivity index (χ0v) is 16.0. The third-order valence-electron chi connectivity index (χ3n) is 4.78. The van der Waals surface area contributed by atoms with Crippen molar-refractivity contribution >= 4 is 17.7 Å². The van der Waals surface area contributed by atoms with E-state index in [0.717, 1.165) is 42.8 Å². The molecule has 2 N–H and O–H groups in total. The molecule has 5 nitrogen and oxygen atoms in total. The standard InChI is InChI=1S/C20H23FN2O3S/c1-27-16-7-4-6-15(10-16)26-20-17(9-14(21)11-22-20)19(25)23-18-8-3-2-5-13(18)12-24/h4,6-7,9-11,13,18,24H,2-3,5,8,12H2,1H3,(H,23,25)/t13-,18+/m0/s1. The predicted molar refractivity (Wildman–Crippen MR) is 103 cm³/mol. The number of ether oxygens (including phenoxy) is 1. The molecule has 0 radical (unpaired) electrons. The number of rotatable bonds is 6. The normalized spacial score (nSPS) is 19.5. The Bertz CT molecular complexity index is 803. The summed E-state index contributed by atoms with van der Waals surface area (Å²) in [5.74, 6) is -0.438. The summed E-state index contributed by atoms with van der Waals surface area (Å²) in [6.07, 6.45) is 6.68. The van der Waals surface area contributed by atoms with E-state index >= 15 is 0 Å². The van der Waals surface area contributed by atoms with E-state index in [-0.39, 0.29) is 30.0 Å². The van der Waals surface area contributed by atoms with Crippen LogP contribution in [0.2, 0.25) is 0 Å². The molecule has 0 saturated heterocycles. The first-order chi connectivity index (χ1) is 13.1. The topological polar surface area (TPSA) is 71.5 Å². The monoisotopic (exact) mass is 390 g/mol. The van der Waals surface area contributed by atoms with Crippen LogP contribution in [-0.2, 0) is 0 Å². The van der Waals surface area contributed by atoms with Gasteiger partial charge < -0.3 is 15.2 Å². The van der Waals surface area contributed by atoms with Gasteiger partial charge in [0, 0.05) is 23.5 Å². The summed E-state index contributed by atoms with van der Waals surface area (Å²) in [5, 5.41) is 12.5. The third kappa shape index (κ3) is 4.99. The maximum absolute atomic E-state index is 13.7. The second kappa shape index (κ2) is 9.19. The van der Waals surface area contributed by atoms with Crippen molar-refractivity contribution in [2.24, 2.45) is 5.92 Å². The van der Waals surface area contributed by atoms with Crippen molar-refractivity contribution in [3.05, 3.63) is 47.9 Å². The lowest BCUT2D eigenvalue weighted by Gasteiger charge is -2.30. The summed E-state index contributed by atoms with van der Waals surface area (Å²) in [7, 11) is 0. The molecule has 1 aromatic heterocycles. The molecule has 1 aliphatic rings. The van der Waals surface area contributed by atoms with Gasteiger partial charge in [-0.3, -0.25) is 4.79 Å². The molecule has 0 spiro atoms. The minimum Gasteiger partial charge on any atom is -0.438 e. The lowest BCUT2D eigenvalue weighted by atomic mass is 9.85. The second-order valence-electron chi connectivity index (χ2n) is 6.59. The molecule has 1 fully saturated rings. The average Bonchev–Trinajstić information content (AvgIpc) is 2.70. The lowest BCUT2D eigenvalue weighted by Crippen LogP contribution is -2.43. The van der Waals surface area contributed by atoms with Crippen LogP contribution in [-0.4, -0.2) is 34.9 Å². The third-order valence-corrected chi connectivity index (χ3v) is 5.50. The van der Waals surface area contributed by atoms with Crippen LogP contribution in [0.25, 0.3) is 0 Å². The first-order valence-electron chi connectivity index (χ1n) is 9.00. The Morgan fingerprint density at radius 3 is 2.96 bits per heavy atom. The number of carbonyl (C=O) groups excluding carboxylic acids is 1. The highest BCUT2D eigenvalue weighted by Gasteiger charge is 2.27. The molecule has 144 valence electrons. The summed E-state index contributed by atoms with van der Waals surface area (Å²) in [5.41, 5.74) is 0.0480. The van der Waals surface area contributed by atoms with E-state index in [1.54, 1.807) is 17.8 Å². The van der Waals surface area contributed by atoms with Gasteiger partial charge in [-0.15, -0.1) is 11.8 Å². The molecular weight excluding hydrogens is 367 g/mol. The molecule has 7 heteroatoms. The number of hydrogen-bond donors (Lipinski definition) is 2. The molecule has 0 aliphatic heterocycles. The molecule has 27 heavy (non-hydrogen) atoms. The smallest absolute Gasteiger partial charge is 0.257 e. The maximum atomic E-state index is 13.7. The van der Waals surface area contributed by atoms with Gasteiger partial charge in [0.15, 0.2) is 0 Å². The first-order valence-corrected chi connectivity index (χ1v) is 10.2. The van der Waals surface area contributed by atoms with E-state index in [4.69, 9.17) is 4.74 Å². The van der Waals surface area contributed by atoms with Crippen molar-refractivity contribution in [3.63, 3.8) is 0 Å². The van der Waals surface area contributed by atoms with Crippen molar-refractivity contribution in [1.29, 1.82) is 0 Å². The summed E-state index contributed by atoms with van der Waals surface area (Å²) in [6.45, 7) is 0.0250. The van der Waals surface area contributed by atoms with Crippen molar-refractivity contribution in [2.75, 3.05) is 12.9 Å². The van der Waals surface area contributed by atoms with Crippen LogP contribution >= 0.6 is 11.8 Å². The van der Waals surface area contributed by atoms with Gasteiger partial charge in [0.25, 0.3) is 5.91 Å². The number of carbonyl (C=O) groups is 1. The highest BCUT2D eigenvalue weighted by molar-refractivity contribution is 7.98. The van der Waals surface area contributed by atoms with Crippen LogP contribution in [0.4, 0.5) is 4.39 Å². The Labute approximate surface area is 162 Å². The summed E-state index contributed by atoms with van der Waals surface area (Å²) >= 11 is 1.57. The highest BCUT2D eigenvalue weighted by atomic mass is 32.2.